The molecule has 6 atom stereocenters. The van der Waals surface area contributed by atoms with Crippen molar-refractivity contribution < 1.29 is 59.2 Å². The zero-order valence-corrected chi connectivity index (χ0v) is 34.9. The molecule has 6 unspecified atom stereocenters. The minimum absolute atomic E-state index is 0.215. The fourth-order valence-corrected chi connectivity index (χ4v) is 20.8. The Morgan fingerprint density at radius 1 is 0.372 bits per heavy atom. The molecule has 0 fully saturated rings. The van der Waals surface area contributed by atoms with Gasteiger partial charge in [0.15, 0.2) is 0 Å². The van der Waals surface area contributed by atoms with E-state index < -0.39 is 40.1 Å². The summed E-state index contributed by atoms with van der Waals surface area (Å²) < 4.78 is 67.4. The van der Waals surface area contributed by atoms with E-state index in [9.17, 15) is 0 Å². The van der Waals surface area contributed by atoms with E-state index in [0.717, 1.165) is 38.5 Å². The van der Waals surface area contributed by atoms with E-state index in [1.54, 1.807) is 0 Å². The van der Waals surface area contributed by atoms with Gasteiger partial charge in [0, 0.05) is 0 Å². The maximum atomic E-state index is 7.08. The van der Waals surface area contributed by atoms with Crippen LogP contribution in [0.25, 0.3) is 0 Å². The van der Waals surface area contributed by atoms with E-state index in [0.29, 0.717) is 0 Å². The first-order valence-electron chi connectivity index (χ1n) is 16.8. The molecule has 0 saturated heterocycles. The first kappa shape index (κ1) is 43.9. The van der Waals surface area contributed by atoms with Gasteiger partial charge in [-0.15, -0.1) is 0 Å². The van der Waals surface area contributed by atoms with E-state index in [1.165, 1.54) is 0 Å². The summed E-state index contributed by atoms with van der Waals surface area (Å²) in [6.45, 7) is 31.9. The summed E-state index contributed by atoms with van der Waals surface area (Å²) in [5.74, 6) is 0. The van der Waals surface area contributed by atoms with Crippen LogP contribution in [0.4, 0.5) is 0 Å². The second-order valence-corrected chi connectivity index (χ2v) is 22.5. The first-order valence-corrected chi connectivity index (χ1v) is 24.1. The summed E-state index contributed by atoms with van der Waals surface area (Å²) in [6.07, 6.45) is 2.46. The quantitative estimate of drug-likeness (QED) is 0.0806. The molecular weight excluding hydrogens is 668 g/mol. The van der Waals surface area contributed by atoms with Crippen molar-refractivity contribution in [3.05, 3.63) is 0 Å². The van der Waals surface area contributed by atoms with Gasteiger partial charge in [-0.3, -0.25) is 0 Å². The van der Waals surface area contributed by atoms with Crippen molar-refractivity contribution in [2.75, 3.05) is 0 Å². The Labute approximate surface area is 274 Å². The summed E-state index contributed by atoms with van der Waals surface area (Å²) in [7, 11) is -7.97. The number of hydrogen-bond acceptors (Lipinski definition) is 10. The van der Waals surface area contributed by atoms with Gasteiger partial charge in [-0.2, -0.15) is 0 Å². The van der Waals surface area contributed by atoms with Crippen LogP contribution in [0, 0.1) is 0 Å². The molecule has 0 radical (unpaired) electrons. The molecular formula is C30H68O10Si2Zr. The Bertz CT molecular complexity index is 600. The average molecular weight is 736 g/mol. The molecule has 0 amide bonds. The first-order chi connectivity index (χ1) is 20.0. The Kier molecular flexibility index (Phi) is 22.2. The van der Waals surface area contributed by atoms with E-state index in [2.05, 4.69) is 41.5 Å². The van der Waals surface area contributed by atoms with Crippen LogP contribution in [-0.4, -0.2) is 66.9 Å². The molecule has 10 nitrogen and oxygen atoms in total. The van der Waals surface area contributed by atoms with Gasteiger partial charge in [0.25, 0.3) is 0 Å². The summed E-state index contributed by atoms with van der Waals surface area (Å²) in [5, 5.41) is 0. The Morgan fingerprint density at radius 2 is 0.558 bits per heavy atom. The summed E-state index contributed by atoms with van der Waals surface area (Å²) in [4.78, 5) is 0. The molecule has 0 spiro atoms. The fraction of sp³-hybridized carbons (Fsp3) is 1.00. The molecule has 43 heavy (non-hydrogen) atoms. The molecule has 0 N–H and O–H groups in total. The Hall–Kier alpha value is 0.917. The second-order valence-electron chi connectivity index (χ2n) is 12.1. The van der Waals surface area contributed by atoms with Gasteiger partial charge in [-0.25, -0.2) is 0 Å². The van der Waals surface area contributed by atoms with E-state index in [-0.39, 0.29) is 48.8 Å². The van der Waals surface area contributed by atoms with Gasteiger partial charge in [0.05, 0.1) is 0 Å². The van der Waals surface area contributed by atoms with E-state index >= 15 is 0 Å². The van der Waals surface area contributed by atoms with Crippen molar-refractivity contribution in [1.29, 1.82) is 0 Å². The molecule has 0 aromatic heterocycles. The molecule has 0 bridgehead atoms. The van der Waals surface area contributed by atoms with Crippen LogP contribution in [0.5, 0.6) is 0 Å². The molecule has 0 aromatic carbocycles. The molecule has 13 heteroatoms. The van der Waals surface area contributed by atoms with E-state index in [4.69, 9.17) is 37.2 Å². The average Bonchev–Trinajstić information content (AvgIpc) is 2.90. The van der Waals surface area contributed by atoms with Crippen molar-refractivity contribution in [1.82, 2.24) is 0 Å². The second kappa shape index (κ2) is 21.7. The Morgan fingerprint density at radius 3 is 0.698 bits per heavy atom. The third-order valence-electron chi connectivity index (χ3n) is 6.78. The van der Waals surface area contributed by atoms with Crippen LogP contribution >= 0.6 is 0 Å². The third kappa shape index (κ3) is 17.0. The topological polar surface area (TPSA) is 92.3 Å². The SMILES string of the molecule is CCC(C)O[Si](OC(C)CC)(OC(C)CC)[O][Zr]([O]C(C)C)([O]C(C)C)[O][Si](OC(C)CC)(OC(C)CC)OC(C)CC. The van der Waals surface area contributed by atoms with Gasteiger partial charge in [0.1, 0.15) is 0 Å². The van der Waals surface area contributed by atoms with Gasteiger partial charge >= 0.3 is 275 Å². The molecule has 0 saturated carbocycles. The molecule has 260 valence electrons. The molecule has 0 aliphatic rings. The van der Waals surface area contributed by atoms with Crippen LogP contribution in [0.2, 0.25) is 0 Å². The Balaban J connectivity index is 7.55. The molecule has 0 aliphatic heterocycles. The normalized spacial score (nSPS) is 20.0. The van der Waals surface area contributed by atoms with Gasteiger partial charge in [-0.1, -0.05) is 0 Å². The van der Waals surface area contributed by atoms with Gasteiger partial charge in [0.2, 0.25) is 0 Å². The predicted octanol–water partition coefficient (Wildman–Crippen LogP) is 8.45. The van der Waals surface area contributed by atoms with Crippen LogP contribution in [0.1, 0.15) is 149 Å². The van der Waals surface area contributed by atoms with Crippen LogP contribution in [-0.2, 0) is 59.2 Å². The van der Waals surface area contributed by atoms with Crippen molar-refractivity contribution in [3.63, 3.8) is 0 Å². The van der Waals surface area contributed by atoms with Crippen LogP contribution in [0.15, 0.2) is 0 Å². The molecule has 0 aliphatic carbocycles. The van der Waals surface area contributed by atoms with Crippen molar-refractivity contribution in [2.45, 2.75) is 198 Å². The third-order valence-corrected chi connectivity index (χ3v) is 23.0. The van der Waals surface area contributed by atoms with Crippen molar-refractivity contribution in [2.24, 2.45) is 0 Å². The summed E-state index contributed by atoms with van der Waals surface area (Å²) in [5.41, 5.74) is 0. The molecule has 0 rings (SSSR count). The van der Waals surface area contributed by atoms with Crippen LogP contribution in [0.3, 0.4) is 0 Å². The molecule has 0 aromatic rings. The minimum atomic E-state index is -5.37. The van der Waals surface area contributed by atoms with Crippen molar-refractivity contribution in [3.8, 4) is 0 Å². The van der Waals surface area contributed by atoms with Gasteiger partial charge < -0.3 is 0 Å². The van der Waals surface area contributed by atoms with Crippen molar-refractivity contribution >= 4 is 18.1 Å². The zero-order chi connectivity index (χ0) is 33.4. The zero-order valence-electron chi connectivity index (χ0n) is 30.4. The summed E-state index contributed by atoms with van der Waals surface area (Å²) >= 11 is -5.37. The molecule has 0 heterocycles. The van der Waals surface area contributed by atoms with E-state index in [1.807, 2.05) is 69.2 Å². The predicted molar refractivity (Wildman–Crippen MR) is 171 cm³/mol. The monoisotopic (exact) mass is 734 g/mol. The van der Waals surface area contributed by atoms with Gasteiger partial charge in [-0.05, 0) is 0 Å². The van der Waals surface area contributed by atoms with Crippen LogP contribution < -0.4 is 0 Å². The number of hydrogen-bond donors (Lipinski definition) is 0. The summed E-state index contributed by atoms with van der Waals surface area (Å²) in [6, 6.07) is 0. The maximum absolute atomic E-state index is 7.08. The number of rotatable bonds is 26. The standard InChI is InChI=1S/2C12H27O4Si.2C3H7O.Zr/c2*1-7-10(4)14-17(13,15-11(5)8-2)16-12(6)9-3;2*1-3(2)4;/h2*10-12H,7-9H2,1-6H3;2*3H,1-2H3;/q4*-1;+4. The fourth-order valence-electron chi connectivity index (χ4n) is 3.32.